The average Bonchev–Trinajstić information content (AvgIpc) is 1.98. The van der Waals surface area contributed by atoms with Gasteiger partial charge in [-0.1, -0.05) is 6.92 Å². The first-order valence-electron chi connectivity index (χ1n) is 3.52. The average molecular weight is 145 g/mol. The van der Waals surface area contributed by atoms with Gasteiger partial charge in [-0.25, -0.2) is 0 Å². The topological polar surface area (TPSA) is 38.3 Å². The molecule has 0 bridgehead atoms. The molecular formula is C7H15NO2. The summed E-state index contributed by atoms with van der Waals surface area (Å²) in [4.78, 5) is 10.9. The zero-order chi connectivity index (χ0) is 7.98. The van der Waals surface area contributed by atoms with Crippen molar-refractivity contribution in [1.29, 1.82) is 0 Å². The maximum absolute atomic E-state index is 10.9. The number of hydrogen-bond donors (Lipinski definition) is 1. The molecule has 0 spiro atoms. The van der Waals surface area contributed by atoms with Gasteiger partial charge in [-0.05, 0) is 13.3 Å². The summed E-state index contributed by atoms with van der Waals surface area (Å²) in [7, 11) is 1.52. The number of hydrogen-bond acceptors (Lipinski definition) is 2. The van der Waals surface area contributed by atoms with Crippen molar-refractivity contribution in [3.63, 3.8) is 0 Å². The number of carbonyl (C=O) groups excluding carboxylic acids is 1. The molecule has 0 fully saturated rings. The minimum atomic E-state index is -0.327. The van der Waals surface area contributed by atoms with Crippen LogP contribution in [0.2, 0.25) is 0 Å². The van der Waals surface area contributed by atoms with Gasteiger partial charge in [0.25, 0.3) is 0 Å². The molecule has 0 aromatic carbocycles. The van der Waals surface area contributed by atoms with Crippen molar-refractivity contribution >= 4 is 5.91 Å². The summed E-state index contributed by atoms with van der Waals surface area (Å²) >= 11 is 0. The lowest BCUT2D eigenvalue weighted by molar-refractivity contribution is -0.130. The highest BCUT2D eigenvalue weighted by Gasteiger charge is 2.08. The predicted molar refractivity (Wildman–Crippen MR) is 39.8 cm³/mol. The van der Waals surface area contributed by atoms with Crippen molar-refractivity contribution in [2.24, 2.45) is 0 Å². The Morgan fingerprint density at radius 1 is 1.70 bits per heavy atom. The molecule has 0 aliphatic carbocycles. The molecule has 0 unspecified atom stereocenters. The number of ether oxygens (including phenoxy) is 1. The lowest BCUT2D eigenvalue weighted by Gasteiger charge is -2.08. The first-order valence-corrected chi connectivity index (χ1v) is 3.52. The standard InChI is InChI=1S/C7H15NO2/c1-4-5-8-7(9)6(2)10-3/h6H,4-5H2,1-3H3,(H,8,9)/t6-/m1/s1. The van der Waals surface area contributed by atoms with Gasteiger partial charge in [0, 0.05) is 13.7 Å². The molecule has 1 atom stereocenters. The predicted octanol–water partition coefficient (Wildman–Crippen LogP) is 0.547. The number of rotatable bonds is 4. The first-order chi connectivity index (χ1) is 4.72. The smallest absolute Gasteiger partial charge is 0.248 e. The molecule has 3 heteroatoms. The Morgan fingerprint density at radius 2 is 2.30 bits per heavy atom. The summed E-state index contributed by atoms with van der Waals surface area (Å²) in [6.45, 7) is 4.47. The van der Waals surface area contributed by atoms with Gasteiger partial charge >= 0.3 is 0 Å². The van der Waals surface area contributed by atoms with Crippen molar-refractivity contribution in [3.05, 3.63) is 0 Å². The maximum Gasteiger partial charge on any atom is 0.248 e. The van der Waals surface area contributed by atoms with Crippen molar-refractivity contribution in [2.45, 2.75) is 26.4 Å². The highest BCUT2D eigenvalue weighted by atomic mass is 16.5. The number of amides is 1. The maximum atomic E-state index is 10.9. The van der Waals surface area contributed by atoms with E-state index in [1.165, 1.54) is 7.11 Å². The molecular weight excluding hydrogens is 130 g/mol. The van der Waals surface area contributed by atoms with Crippen LogP contribution >= 0.6 is 0 Å². The quantitative estimate of drug-likeness (QED) is 0.627. The lowest BCUT2D eigenvalue weighted by atomic mass is 10.3. The highest BCUT2D eigenvalue weighted by Crippen LogP contribution is 1.86. The van der Waals surface area contributed by atoms with E-state index in [0.717, 1.165) is 13.0 Å². The van der Waals surface area contributed by atoms with E-state index >= 15 is 0 Å². The van der Waals surface area contributed by atoms with E-state index in [2.05, 4.69) is 5.32 Å². The zero-order valence-corrected chi connectivity index (χ0v) is 6.81. The van der Waals surface area contributed by atoms with Gasteiger partial charge in [0.2, 0.25) is 5.91 Å². The lowest BCUT2D eigenvalue weighted by Crippen LogP contribution is -2.34. The Labute approximate surface area is 61.8 Å². The largest absolute Gasteiger partial charge is 0.372 e. The number of carbonyl (C=O) groups is 1. The van der Waals surface area contributed by atoms with E-state index in [1.54, 1.807) is 6.92 Å². The van der Waals surface area contributed by atoms with Crippen molar-refractivity contribution in [2.75, 3.05) is 13.7 Å². The van der Waals surface area contributed by atoms with Gasteiger partial charge < -0.3 is 10.1 Å². The third-order valence-electron chi connectivity index (χ3n) is 1.27. The van der Waals surface area contributed by atoms with Crippen LogP contribution in [0.1, 0.15) is 20.3 Å². The second-order valence-corrected chi connectivity index (χ2v) is 2.17. The molecule has 0 aromatic heterocycles. The molecule has 1 N–H and O–H groups in total. The molecule has 0 rings (SSSR count). The Bertz CT molecular complexity index is 104. The molecule has 60 valence electrons. The van der Waals surface area contributed by atoms with Gasteiger partial charge in [0.05, 0.1) is 0 Å². The third kappa shape index (κ3) is 3.45. The Balaban J connectivity index is 3.42. The highest BCUT2D eigenvalue weighted by molar-refractivity contribution is 5.80. The van der Waals surface area contributed by atoms with Crippen LogP contribution in [0.15, 0.2) is 0 Å². The van der Waals surface area contributed by atoms with Crippen LogP contribution in [0.3, 0.4) is 0 Å². The molecule has 0 saturated heterocycles. The Hall–Kier alpha value is -0.570. The summed E-state index contributed by atoms with van der Waals surface area (Å²) in [6.07, 6.45) is 0.633. The van der Waals surface area contributed by atoms with Crippen LogP contribution < -0.4 is 5.32 Å². The van der Waals surface area contributed by atoms with Gasteiger partial charge in [-0.3, -0.25) is 4.79 Å². The van der Waals surface area contributed by atoms with Crippen molar-refractivity contribution in [3.8, 4) is 0 Å². The summed E-state index contributed by atoms with van der Waals surface area (Å²) < 4.78 is 4.80. The molecule has 1 amide bonds. The summed E-state index contributed by atoms with van der Waals surface area (Å²) in [5.41, 5.74) is 0. The number of nitrogens with one attached hydrogen (secondary N) is 1. The normalized spacial score (nSPS) is 12.7. The fourth-order valence-electron chi connectivity index (χ4n) is 0.499. The monoisotopic (exact) mass is 145 g/mol. The molecule has 0 aliphatic heterocycles. The minimum absolute atomic E-state index is 0.0376. The van der Waals surface area contributed by atoms with E-state index in [9.17, 15) is 4.79 Å². The molecule has 10 heavy (non-hydrogen) atoms. The van der Waals surface area contributed by atoms with Gasteiger partial charge in [-0.15, -0.1) is 0 Å². The van der Waals surface area contributed by atoms with Crippen LogP contribution in [-0.2, 0) is 9.53 Å². The van der Waals surface area contributed by atoms with Gasteiger partial charge in [0.1, 0.15) is 6.10 Å². The SMILES string of the molecule is CCCNC(=O)[C@@H](C)OC. The second-order valence-electron chi connectivity index (χ2n) is 2.17. The summed E-state index contributed by atoms with van der Waals surface area (Å²) in [6, 6.07) is 0. The van der Waals surface area contributed by atoms with E-state index in [0.29, 0.717) is 0 Å². The van der Waals surface area contributed by atoms with Crippen LogP contribution in [0.5, 0.6) is 0 Å². The fraction of sp³-hybridized carbons (Fsp3) is 0.857. The van der Waals surface area contributed by atoms with E-state index < -0.39 is 0 Å². The van der Waals surface area contributed by atoms with E-state index in [-0.39, 0.29) is 12.0 Å². The third-order valence-corrected chi connectivity index (χ3v) is 1.27. The summed E-state index contributed by atoms with van der Waals surface area (Å²) in [5.74, 6) is -0.0376. The summed E-state index contributed by atoms with van der Waals surface area (Å²) in [5, 5.41) is 2.72. The van der Waals surface area contributed by atoms with Gasteiger partial charge in [-0.2, -0.15) is 0 Å². The molecule has 3 nitrogen and oxygen atoms in total. The second kappa shape index (κ2) is 5.23. The Kier molecular flexibility index (Phi) is 4.94. The molecule has 0 heterocycles. The molecule has 0 aliphatic rings. The van der Waals surface area contributed by atoms with Crippen molar-refractivity contribution < 1.29 is 9.53 Å². The van der Waals surface area contributed by atoms with Crippen molar-refractivity contribution in [1.82, 2.24) is 5.32 Å². The zero-order valence-electron chi connectivity index (χ0n) is 6.81. The van der Waals surface area contributed by atoms with E-state index in [4.69, 9.17) is 4.74 Å². The van der Waals surface area contributed by atoms with E-state index in [1.807, 2.05) is 6.92 Å². The fourth-order valence-corrected chi connectivity index (χ4v) is 0.499. The van der Waals surface area contributed by atoms with Crippen LogP contribution in [-0.4, -0.2) is 25.7 Å². The van der Waals surface area contributed by atoms with Crippen LogP contribution in [0.25, 0.3) is 0 Å². The number of methoxy groups -OCH3 is 1. The molecule has 0 saturated carbocycles. The first kappa shape index (κ1) is 9.43. The van der Waals surface area contributed by atoms with Crippen LogP contribution in [0.4, 0.5) is 0 Å². The molecule has 0 radical (unpaired) electrons. The van der Waals surface area contributed by atoms with Gasteiger partial charge in [0.15, 0.2) is 0 Å². The Morgan fingerprint density at radius 3 is 2.70 bits per heavy atom. The minimum Gasteiger partial charge on any atom is -0.372 e. The van der Waals surface area contributed by atoms with Crippen LogP contribution in [0, 0.1) is 0 Å². The molecule has 0 aromatic rings.